The van der Waals surface area contributed by atoms with Crippen LogP contribution in [0.1, 0.15) is 13.3 Å². The van der Waals surface area contributed by atoms with Crippen LogP contribution in [0.25, 0.3) is 0 Å². The second kappa shape index (κ2) is 6.29. The van der Waals surface area contributed by atoms with E-state index in [0.717, 1.165) is 13.1 Å². The van der Waals surface area contributed by atoms with Crippen molar-refractivity contribution >= 4 is 12.2 Å². The minimum absolute atomic E-state index is 0.102. The second-order valence-electron chi connectivity index (χ2n) is 3.38. The van der Waals surface area contributed by atoms with Crippen molar-refractivity contribution in [3.8, 4) is 0 Å². The zero-order valence-corrected chi connectivity index (χ0v) is 8.89. The largest absolute Gasteiger partial charge is 0.480 e. The molecule has 0 radical (unpaired) electrons. The van der Waals surface area contributed by atoms with Gasteiger partial charge in [-0.1, -0.05) is 0 Å². The third-order valence-corrected chi connectivity index (χ3v) is 1.91. The summed E-state index contributed by atoms with van der Waals surface area (Å²) in [7, 11) is 0. The van der Waals surface area contributed by atoms with Crippen LogP contribution < -0.4 is 11.1 Å². The SMILES string of the molecule is C[C@](N)(C(=O)O)/C(F)=C(\F)CCNCC=N. The normalized spacial score (nSPS) is 16.2. The maximum absolute atomic E-state index is 13.3. The van der Waals surface area contributed by atoms with Crippen LogP contribution in [0.5, 0.6) is 0 Å². The highest BCUT2D eigenvalue weighted by Gasteiger charge is 2.36. The maximum atomic E-state index is 13.3. The Morgan fingerprint density at radius 3 is 2.62 bits per heavy atom. The van der Waals surface area contributed by atoms with E-state index in [-0.39, 0.29) is 19.5 Å². The van der Waals surface area contributed by atoms with Gasteiger partial charge in [-0.2, -0.15) is 0 Å². The average molecular weight is 235 g/mol. The molecule has 0 unspecified atom stereocenters. The van der Waals surface area contributed by atoms with E-state index in [9.17, 15) is 13.6 Å². The molecule has 92 valence electrons. The Bertz CT molecular complexity index is 303. The van der Waals surface area contributed by atoms with E-state index in [4.69, 9.17) is 16.2 Å². The van der Waals surface area contributed by atoms with E-state index in [2.05, 4.69) is 5.32 Å². The summed E-state index contributed by atoms with van der Waals surface area (Å²) < 4.78 is 26.4. The summed E-state index contributed by atoms with van der Waals surface area (Å²) >= 11 is 0. The van der Waals surface area contributed by atoms with Crippen LogP contribution in [-0.4, -0.2) is 35.9 Å². The highest BCUT2D eigenvalue weighted by Crippen LogP contribution is 2.22. The summed E-state index contributed by atoms with van der Waals surface area (Å²) in [5, 5.41) is 17.9. The predicted molar refractivity (Wildman–Crippen MR) is 55.7 cm³/mol. The number of aliphatic carboxylic acids is 1. The van der Waals surface area contributed by atoms with Gasteiger partial charge in [-0.25, -0.2) is 13.6 Å². The molecule has 7 heteroatoms. The lowest BCUT2D eigenvalue weighted by Crippen LogP contribution is -2.46. The topological polar surface area (TPSA) is 99.2 Å². The fourth-order valence-electron chi connectivity index (χ4n) is 0.858. The first-order valence-electron chi connectivity index (χ1n) is 4.60. The number of hydrogen-bond donors (Lipinski definition) is 4. The van der Waals surface area contributed by atoms with Crippen molar-refractivity contribution in [2.45, 2.75) is 18.9 Å². The van der Waals surface area contributed by atoms with Gasteiger partial charge in [0, 0.05) is 25.7 Å². The molecule has 0 saturated heterocycles. The van der Waals surface area contributed by atoms with Crippen molar-refractivity contribution in [1.82, 2.24) is 5.32 Å². The van der Waals surface area contributed by atoms with E-state index >= 15 is 0 Å². The molecule has 0 amide bonds. The van der Waals surface area contributed by atoms with Crippen molar-refractivity contribution in [3.63, 3.8) is 0 Å². The van der Waals surface area contributed by atoms with E-state index in [1.807, 2.05) is 0 Å². The Kier molecular flexibility index (Phi) is 5.76. The molecule has 16 heavy (non-hydrogen) atoms. The second-order valence-corrected chi connectivity index (χ2v) is 3.38. The van der Waals surface area contributed by atoms with Gasteiger partial charge in [-0.05, 0) is 6.92 Å². The quantitative estimate of drug-likeness (QED) is 0.383. The number of nitrogens with one attached hydrogen (secondary N) is 2. The van der Waals surface area contributed by atoms with Crippen LogP contribution in [0.3, 0.4) is 0 Å². The molecule has 0 aromatic carbocycles. The van der Waals surface area contributed by atoms with Crippen LogP contribution in [-0.2, 0) is 4.79 Å². The van der Waals surface area contributed by atoms with Crippen LogP contribution >= 0.6 is 0 Å². The first-order chi connectivity index (χ1) is 7.34. The number of carboxylic acid groups (broad SMARTS) is 1. The standard InChI is InChI=1S/C9H15F2N3O2/c1-9(13,8(15)16)7(11)6(10)2-4-14-5-3-12/h3,12,14H,2,4-5,13H2,1H3,(H,15,16)/b7-6+,12-3?/t9-/m1/s1. The fraction of sp³-hybridized carbons (Fsp3) is 0.556. The number of nitrogens with two attached hydrogens (primary N) is 1. The number of halogens is 2. The molecule has 5 nitrogen and oxygen atoms in total. The van der Waals surface area contributed by atoms with Crippen molar-refractivity contribution in [2.75, 3.05) is 13.1 Å². The number of carboxylic acids is 1. The summed E-state index contributed by atoms with van der Waals surface area (Å²) in [6, 6.07) is 0. The van der Waals surface area contributed by atoms with E-state index in [1.54, 1.807) is 0 Å². The Balaban J connectivity index is 4.46. The maximum Gasteiger partial charge on any atom is 0.330 e. The molecule has 0 fully saturated rings. The molecule has 0 aliphatic carbocycles. The first-order valence-corrected chi connectivity index (χ1v) is 4.60. The van der Waals surface area contributed by atoms with Crippen LogP contribution in [0.2, 0.25) is 0 Å². The molecule has 1 atom stereocenters. The van der Waals surface area contributed by atoms with Crippen LogP contribution in [0.4, 0.5) is 8.78 Å². The van der Waals surface area contributed by atoms with Crippen molar-refractivity contribution in [3.05, 3.63) is 11.7 Å². The fourth-order valence-corrected chi connectivity index (χ4v) is 0.858. The lowest BCUT2D eigenvalue weighted by Gasteiger charge is -2.17. The monoisotopic (exact) mass is 235 g/mol. The summed E-state index contributed by atoms with van der Waals surface area (Å²) in [4.78, 5) is 10.5. The summed E-state index contributed by atoms with van der Waals surface area (Å²) in [6.07, 6.45) is 0.766. The van der Waals surface area contributed by atoms with Gasteiger partial charge in [0.2, 0.25) is 0 Å². The molecule has 0 rings (SSSR count). The average Bonchev–Trinajstić information content (AvgIpc) is 2.22. The van der Waals surface area contributed by atoms with Gasteiger partial charge in [-0.3, -0.25) is 0 Å². The van der Waals surface area contributed by atoms with Gasteiger partial charge >= 0.3 is 5.97 Å². The van der Waals surface area contributed by atoms with Gasteiger partial charge < -0.3 is 21.6 Å². The molecule has 0 heterocycles. The lowest BCUT2D eigenvalue weighted by atomic mass is 10.0. The zero-order chi connectivity index (χ0) is 12.8. The molecule has 0 aliphatic heterocycles. The Morgan fingerprint density at radius 1 is 1.62 bits per heavy atom. The van der Waals surface area contributed by atoms with E-state index in [1.165, 1.54) is 0 Å². The highest BCUT2D eigenvalue weighted by atomic mass is 19.2. The third-order valence-electron chi connectivity index (χ3n) is 1.91. The van der Waals surface area contributed by atoms with Gasteiger partial charge in [0.15, 0.2) is 11.4 Å². The molecule has 0 spiro atoms. The highest BCUT2D eigenvalue weighted by molar-refractivity contribution is 5.81. The number of carbonyl (C=O) groups is 1. The van der Waals surface area contributed by atoms with Gasteiger partial charge in [0.05, 0.1) is 0 Å². The summed E-state index contributed by atoms with van der Waals surface area (Å²) in [5.41, 5.74) is 2.76. The van der Waals surface area contributed by atoms with Gasteiger partial charge in [0.1, 0.15) is 5.83 Å². The molecule has 0 aliphatic rings. The van der Waals surface area contributed by atoms with Gasteiger partial charge in [-0.15, -0.1) is 0 Å². The van der Waals surface area contributed by atoms with E-state index < -0.39 is 23.2 Å². The smallest absolute Gasteiger partial charge is 0.330 e. The number of rotatable bonds is 7. The Hall–Kier alpha value is -1.34. The minimum atomic E-state index is -2.34. The molecule has 0 aromatic rings. The molecular weight excluding hydrogens is 220 g/mol. The molecule has 0 aromatic heterocycles. The van der Waals surface area contributed by atoms with E-state index in [0.29, 0.717) is 0 Å². The molecule has 0 saturated carbocycles. The Labute approximate surface area is 91.8 Å². The summed E-state index contributed by atoms with van der Waals surface area (Å²) in [5.74, 6) is -4.30. The van der Waals surface area contributed by atoms with Crippen LogP contribution in [0.15, 0.2) is 11.7 Å². The van der Waals surface area contributed by atoms with Crippen molar-refractivity contribution in [1.29, 1.82) is 5.41 Å². The first kappa shape index (κ1) is 14.7. The summed E-state index contributed by atoms with van der Waals surface area (Å²) in [6.45, 7) is 1.23. The minimum Gasteiger partial charge on any atom is -0.480 e. The van der Waals surface area contributed by atoms with Crippen LogP contribution in [0, 0.1) is 5.41 Å². The number of hydrogen-bond acceptors (Lipinski definition) is 4. The molecule has 5 N–H and O–H groups in total. The van der Waals surface area contributed by atoms with Crippen molar-refractivity contribution in [2.24, 2.45) is 5.73 Å². The van der Waals surface area contributed by atoms with Crippen molar-refractivity contribution < 1.29 is 18.7 Å². The molecule has 0 bridgehead atoms. The Morgan fingerprint density at radius 2 is 2.19 bits per heavy atom. The van der Waals surface area contributed by atoms with Gasteiger partial charge in [0.25, 0.3) is 0 Å². The lowest BCUT2D eigenvalue weighted by molar-refractivity contribution is -0.141. The predicted octanol–water partition coefficient (Wildman–Crippen LogP) is 0.568. The third kappa shape index (κ3) is 4.03. The molecular formula is C9H15F2N3O2. The zero-order valence-electron chi connectivity index (χ0n) is 8.89.